The van der Waals surface area contributed by atoms with Crippen LogP contribution in [0.2, 0.25) is 0 Å². The summed E-state index contributed by atoms with van der Waals surface area (Å²) in [6, 6.07) is 3.81. The molecule has 2 nitrogen and oxygen atoms in total. The fourth-order valence-corrected chi connectivity index (χ4v) is 1.30. The Labute approximate surface area is 74.9 Å². The van der Waals surface area contributed by atoms with Crippen LogP contribution in [-0.4, -0.2) is 26.5 Å². The predicted molar refractivity (Wildman–Crippen MR) is 46.6 cm³/mol. The fraction of sp³-hybridized carbons (Fsp3) is 0.500. The number of ether oxygens (including phenoxy) is 2. The second kappa shape index (κ2) is 5.97. The van der Waals surface area contributed by atoms with Crippen molar-refractivity contribution in [2.75, 3.05) is 26.5 Å². The monoisotopic (exact) mass is 190 g/mol. The summed E-state index contributed by atoms with van der Waals surface area (Å²) < 4.78 is 21.7. The van der Waals surface area contributed by atoms with Crippen LogP contribution in [-0.2, 0) is 4.74 Å². The molecule has 4 heteroatoms. The van der Waals surface area contributed by atoms with Gasteiger partial charge in [0.2, 0.25) is 0 Å². The van der Waals surface area contributed by atoms with E-state index in [4.69, 9.17) is 9.47 Å². The first-order valence-electron chi connectivity index (χ1n) is 3.73. The van der Waals surface area contributed by atoms with Gasteiger partial charge >= 0.3 is 0 Å². The maximum atomic E-state index is 11.5. The van der Waals surface area contributed by atoms with E-state index in [9.17, 15) is 4.39 Å². The topological polar surface area (TPSA) is 18.5 Å². The Morgan fingerprint density at radius 1 is 1.33 bits per heavy atom. The first kappa shape index (κ1) is 9.48. The van der Waals surface area contributed by atoms with Crippen molar-refractivity contribution in [2.24, 2.45) is 0 Å². The second-order valence-electron chi connectivity index (χ2n) is 2.08. The zero-order valence-electron chi connectivity index (χ0n) is 6.66. The van der Waals surface area contributed by atoms with Gasteiger partial charge in [0.25, 0.3) is 0 Å². The zero-order chi connectivity index (χ0) is 8.65. The summed E-state index contributed by atoms with van der Waals surface area (Å²) in [5, 5.41) is 2.82. The molecular weight excluding hydrogens is 179 g/mol. The third kappa shape index (κ3) is 3.69. The summed E-state index contributed by atoms with van der Waals surface area (Å²) >= 11 is 1.53. The third-order valence-electron chi connectivity index (χ3n) is 1.19. The Morgan fingerprint density at radius 2 is 2.25 bits per heavy atom. The molecule has 0 bridgehead atoms. The highest BCUT2D eigenvalue weighted by Crippen LogP contribution is 2.17. The van der Waals surface area contributed by atoms with E-state index in [0.29, 0.717) is 13.2 Å². The highest BCUT2D eigenvalue weighted by atomic mass is 32.1. The van der Waals surface area contributed by atoms with Crippen LogP contribution in [0.15, 0.2) is 17.5 Å². The molecule has 1 aromatic rings. The molecule has 0 aliphatic rings. The van der Waals surface area contributed by atoms with Gasteiger partial charge in [0, 0.05) is 0 Å². The highest BCUT2D eigenvalue weighted by molar-refractivity contribution is 7.11. The molecule has 0 radical (unpaired) electrons. The smallest absolute Gasteiger partial charge is 0.173 e. The largest absolute Gasteiger partial charge is 0.482 e. The van der Waals surface area contributed by atoms with Crippen molar-refractivity contribution in [3.63, 3.8) is 0 Å². The molecule has 1 aromatic heterocycles. The number of rotatable bonds is 6. The molecule has 0 atom stereocenters. The Hall–Kier alpha value is -0.610. The molecule has 0 saturated carbocycles. The minimum Gasteiger partial charge on any atom is -0.482 e. The van der Waals surface area contributed by atoms with Crippen molar-refractivity contribution < 1.29 is 13.9 Å². The quantitative estimate of drug-likeness (QED) is 0.640. The van der Waals surface area contributed by atoms with E-state index in [1.807, 2.05) is 17.5 Å². The van der Waals surface area contributed by atoms with Crippen molar-refractivity contribution in [1.29, 1.82) is 0 Å². The van der Waals surface area contributed by atoms with Crippen LogP contribution in [0, 0.1) is 0 Å². The first-order chi connectivity index (χ1) is 5.93. The summed E-state index contributed by atoms with van der Waals surface area (Å²) in [4.78, 5) is 0. The van der Waals surface area contributed by atoms with Crippen molar-refractivity contribution in [3.8, 4) is 5.06 Å². The van der Waals surface area contributed by atoms with E-state index in [1.165, 1.54) is 11.3 Å². The van der Waals surface area contributed by atoms with Crippen molar-refractivity contribution >= 4 is 11.3 Å². The SMILES string of the molecule is FCCOCCOc1cccs1. The van der Waals surface area contributed by atoms with Gasteiger partial charge in [0.05, 0.1) is 13.2 Å². The van der Waals surface area contributed by atoms with E-state index >= 15 is 0 Å². The van der Waals surface area contributed by atoms with E-state index in [2.05, 4.69) is 0 Å². The van der Waals surface area contributed by atoms with Gasteiger partial charge in [-0.15, -0.1) is 11.3 Å². The van der Waals surface area contributed by atoms with Gasteiger partial charge in [-0.3, -0.25) is 0 Å². The molecule has 0 saturated heterocycles. The normalized spacial score (nSPS) is 10.1. The molecule has 0 fully saturated rings. The van der Waals surface area contributed by atoms with Crippen LogP contribution in [0.3, 0.4) is 0 Å². The van der Waals surface area contributed by atoms with Crippen molar-refractivity contribution in [2.45, 2.75) is 0 Å². The molecule has 0 aliphatic heterocycles. The van der Waals surface area contributed by atoms with E-state index < -0.39 is 6.67 Å². The maximum Gasteiger partial charge on any atom is 0.173 e. The average molecular weight is 190 g/mol. The van der Waals surface area contributed by atoms with Gasteiger partial charge < -0.3 is 9.47 Å². The first-order valence-corrected chi connectivity index (χ1v) is 4.61. The van der Waals surface area contributed by atoms with Crippen molar-refractivity contribution in [3.05, 3.63) is 17.5 Å². The maximum absolute atomic E-state index is 11.5. The lowest BCUT2D eigenvalue weighted by Gasteiger charge is -2.02. The minimum absolute atomic E-state index is 0.161. The van der Waals surface area contributed by atoms with Crippen LogP contribution in [0.25, 0.3) is 0 Å². The molecular formula is C8H11FO2S. The lowest BCUT2D eigenvalue weighted by Crippen LogP contribution is -2.07. The van der Waals surface area contributed by atoms with Gasteiger partial charge in [-0.05, 0) is 17.5 Å². The van der Waals surface area contributed by atoms with Gasteiger partial charge in [-0.1, -0.05) is 0 Å². The summed E-state index contributed by atoms with van der Waals surface area (Å²) in [6.07, 6.45) is 0. The third-order valence-corrected chi connectivity index (χ3v) is 1.97. The fourth-order valence-electron chi connectivity index (χ4n) is 0.703. The predicted octanol–water partition coefficient (Wildman–Crippen LogP) is 2.11. The molecule has 0 amide bonds. The van der Waals surface area contributed by atoms with Gasteiger partial charge in [-0.25, -0.2) is 4.39 Å². The van der Waals surface area contributed by atoms with Crippen LogP contribution < -0.4 is 4.74 Å². The zero-order valence-corrected chi connectivity index (χ0v) is 7.48. The van der Waals surface area contributed by atoms with Crippen LogP contribution in [0.4, 0.5) is 4.39 Å². The van der Waals surface area contributed by atoms with Gasteiger partial charge in [-0.2, -0.15) is 0 Å². The van der Waals surface area contributed by atoms with E-state index in [0.717, 1.165) is 5.06 Å². The van der Waals surface area contributed by atoms with Crippen molar-refractivity contribution in [1.82, 2.24) is 0 Å². The summed E-state index contributed by atoms with van der Waals surface area (Å²) in [6.45, 7) is 0.662. The number of alkyl halides is 1. The molecule has 0 unspecified atom stereocenters. The Kier molecular flexibility index (Phi) is 4.71. The Morgan fingerprint density at radius 3 is 2.92 bits per heavy atom. The summed E-state index contributed by atoms with van der Waals surface area (Å²) in [7, 11) is 0. The summed E-state index contributed by atoms with van der Waals surface area (Å²) in [5.41, 5.74) is 0. The molecule has 12 heavy (non-hydrogen) atoms. The number of thiophene rings is 1. The van der Waals surface area contributed by atoms with Crippen LogP contribution >= 0.6 is 11.3 Å². The highest BCUT2D eigenvalue weighted by Gasteiger charge is 1.92. The van der Waals surface area contributed by atoms with Crippen LogP contribution in [0.1, 0.15) is 0 Å². The average Bonchev–Trinajstić information content (AvgIpc) is 2.57. The van der Waals surface area contributed by atoms with E-state index in [1.54, 1.807) is 0 Å². The minimum atomic E-state index is -0.432. The molecule has 68 valence electrons. The summed E-state index contributed by atoms with van der Waals surface area (Å²) in [5.74, 6) is 0. The van der Waals surface area contributed by atoms with E-state index in [-0.39, 0.29) is 6.61 Å². The van der Waals surface area contributed by atoms with Gasteiger partial charge in [0.1, 0.15) is 13.3 Å². The molecule has 0 aromatic carbocycles. The standard InChI is InChI=1S/C8H11FO2S/c9-3-4-10-5-6-11-8-2-1-7-12-8/h1-2,7H,3-6H2. The van der Waals surface area contributed by atoms with Crippen LogP contribution in [0.5, 0.6) is 5.06 Å². The molecule has 0 spiro atoms. The number of halogens is 1. The Bertz CT molecular complexity index is 189. The lowest BCUT2D eigenvalue weighted by molar-refractivity contribution is 0.0908. The molecule has 0 N–H and O–H groups in total. The Balaban J connectivity index is 1.96. The molecule has 1 heterocycles. The second-order valence-corrected chi connectivity index (χ2v) is 2.99. The van der Waals surface area contributed by atoms with Gasteiger partial charge in [0.15, 0.2) is 5.06 Å². The lowest BCUT2D eigenvalue weighted by atomic mass is 10.6. The molecule has 1 rings (SSSR count). The molecule has 0 aliphatic carbocycles. The number of hydrogen-bond donors (Lipinski definition) is 0. The number of hydrogen-bond acceptors (Lipinski definition) is 3.